The molecule has 2 aliphatic heterocycles. The first kappa shape index (κ1) is 21.0. The lowest BCUT2D eigenvalue weighted by molar-refractivity contribution is -0.194. The lowest BCUT2D eigenvalue weighted by Gasteiger charge is -2.42. The Bertz CT molecular complexity index is 1140. The SMILES string of the molecule is CN1CCC(C(N)=O)CC1C12CN(c3ccc(C#N)c4ncccc34)CC1(C(F)(F)F)C2. The van der Waals surface area contributed by atoms with Crippen molar-refractivity contribution in [3.05, 3.63) is 36.0 Å². The molecule has 6 nitrogen and oxygen atoms in total. The topological polar surface area (TPSA) is 86.2 Å². The zero-order valence-electron chi connectivity index (χ0n) is 17.7. The second-order valence-corrected chi connectivity index (χ2v) is 9.53. The average Bonchev–Trinajstić information content (AvgIpc) is 3.30. The number of fused-ring (bicyclic) bond motifs is 2. The van der Waals surface area contributed by atoms with Gasteiger partial charge in [-0.3, -0.25) is 9.78 Å². The van der Waals surface area contributed by atoms with Crippen LogP contribution in [0.4, 0.5) is 18.9 Å². The van der Waals surface area contributed by atoms with Crippen LogP contribution >= 0.6 is 0 Å². The van der Waals surface area contributed by atoms with Gasteiger partial charge in [0.05, 0.1) is 16.5 Å². The molecule has 9 heteroatoms. The van der Waals surface area contributed by atoms with Gasteiger partial charge in [0, 0.05) is 47.7 Å². The number of carbonyl (C=O) groups is 1. The monoisotopic (exact) mass is 443 g/mol. The van der Waals surface area contributed by atoms with E-state index in [1.807, 2.05) is 11.9 Å². The number of piperidine rings is 2. The first-order valence-electron chi connectivity index (χ1n) is 10.7. The summed E-state index contributed by atoms with van der Waals surface area (Å²) in [6.07, 6.45) is -1.79. The van der Waals surface area contributed by atoms with Crippen molar-refractivity contribution in [3.63, 3.8) is 0 Å². The Morgan fingerprint density at radius 1 is 1.31 bits per heavy atom. The van der Waals surface area contributed by atoms with Crippen molar-refractivity contribution in [2.24, 2.45) is 22.5 Å². The van der Waals surface area contributed by atoms with Crippen LogP contribution in [0.1, 0.15) is 24.8 Å². The molecule has 5 rings (SSSR count). The summed E-state index contributed by atoms with van der Waals surface area (Å²) in [5.41, 5.74) is 4.27. The Labute approximate surface area is 183 Å². The molecule has 1 saturated carbocycles. The van der Waals surface area contributed by atoms with E-state index in [4.69, 9.17) is 5.73 Å². The molecule has 3 fully saturated rings. The van der Waals surface area contributed by atoms with E-state index in [2.05, 4.69) is 11.1 Å². The minimum Gasteiger partial charge on any atom is -0.369 e. The fraction of sp³-hybridized carbons (Fsp3) is 0.522. The van der Waals surface area contributed by atoms with Crippen LogP contribution in [-0.4, -0.2) is 54.7 Å². The third kappa shape index (κ3) is 2.75. The van der Waals surface area contributed by atoms with Crippen molar-refractivity contribution in [2.75, 3.05) is 31.6 Å². The minimum atomic E-state index is -4.36. The standard InChI is InChI=1S/C23H24F3N5O/c1-30-8-6-14(20(28)32)9-18(30)21-11-22(21,23(24,25)26)13-31(12-21)17-5-4-15(10-27)19-16(17)3-2-7-29-19/h2-5,7,14,18H,6,8-9,11-13H2,1H3,(H2,28,32). The molecule has 2 aromatic rings. The lowest BCUT2D eigenvalue weighted by Crippen LogP contribution is -2.51. The number of alkyl halides is 3. The number of aromatic nitrogens is 1. The number of anilines is 1. The van der Waals surface area contributed by atoms with Gasteiger partial charge in [-0.1, -0.05) is 0 Å². The van der Waals surface area contributed by atoms with Crippen LogP contribution in [0, 0.1) is 28.1 Å². The number of halogens is 3. The molecule has 32 heavy (non-hydrogen) atoms. The van der Waals surface area contributed by atoms with Crippen molar-refractivity contribution in [1.29, 1.82) is 5.26 Å². The first-order chi connectivity index (χ1) is 15.1. The molecule has 0 bridgehead atoms. The van der Waals surface area contributed by atoms with Gasteiger partial charge in [0.2, 0.25) is 5.91 Å². The zero-order chi connectivity index (χ0) is 22.9. The van der Waals surface area contributed by atoms with Gasteiger partial charge >= 0.3 is 6.18 Å². The fourth-order valence-corrected chi connectivity index (χ4v) is 6.33. The summed E-state index contributed by atoms with van der Waals surface area (Å²) in [6.45, 7) is 0.651. The van der Waals surface area contributed by atoms with Crippen molar-refractivity contribution < 1.29 is 18.0 Å². The Hall–Kier alpha value is -2.86. The van der Waals surface area contributed by atoms with Crippen LogP contribution in [0.15, 0.2) is 30.5 Å². The predicted molar refractivity (Wildman–Crippen MR) is 113 cm³/mol. The molecular formula is C23H24F3N5O. The van der Waals surface area contributed by atoms with Crippen molar-refractivity contribution in [1.82, 2.24) is 9.88 Å². The summed E-state index contributed by atoms with van der Waals surface area (Å²) in [5, 5.41) is 10.1. The van der Waals surface area contributed by atoms with Crippen LogP contribution < -0.4 is 10.6 Å². The number of hydrogen-bond donors (Lipinski definition) is 1. The van der Waals surface area contributed by atoms with Gasteiger partial charge in [-0.2, -0.15) is 18.4 Å². The molecule has 2 saturated heterocycles. The van der Waals surface area contributed by atoms with Gasteiger partial charge in [-0.05, 0) is 57.1 Å². The summed E-state index contributed by atoms with van der Waals surface area (Å²) in [6, 6.07) is 8.60. The van der Waals surface area contributed by atoms with Gasteiger partial charge < -0.3 is 15.5 Å². The summed E-state index contributed by atoms with van der Waals surface area (Å²) >= 11 is 0. The number of benzene rings is 1. The molecule has 2 N–H and O–H groups in total. The highest BCUT2D eigenvalue weighted by molar-refractivity contribution is 5.95. The average molecular weight is 443 g/mol. The highest BCUT2D eigenvalue weighted by Gasteiger charge is 2.85. The summed E-state index contributed by atoms with van der Waals surface area (Å²) in [7, 11) is 1.85. The minimum absolute atomic E-state index is 0.0625. The van der Waals surface area contributed by atoms with Crippen molar-refractivity contribution in [3.8, 4) is 6.07 Å². The third-order valence-electron chi connectivity index (χ3n) is 8.04. The second-order valence-electron chi connectivity index (χ2n) is 9.53. The van der Waals surface area contributed by atoms with E-state index in [0.717, 1.165) is 0 Å². The van der Waals surface area contributed by atoms with E-state index >= 15 is 0 Å². The van der Waals surface area contributed by atoms with Gasteiger partial charge in [-0.15, -0.1) is 0 Å². The molecule has 0 spiro atoms. The largest absolute Gasteiger partial charge is 0.396 e. The highest BCUT2D eigenvalue weighted by atomic mass is 19.4. The molecular weight excluding hydrogens is 419 g/mol. The van der Waals surface area contributed by atoms with E-state index in [0.29, 0.717) is 41.5 Å². The van der Waals surface area contributed by atoms with E-state index < -0.39 is 28.8 Å². The third-order valence-corrected chi connectivity index (χ3v) is 8.04. The number of likely N-dealkylation sites (tertiary alicyclic amines) is 1. The predicted octanol–water partition coefficient (Wildman–Crippen LogP) is 3.06. The Morgan fingerprint density at radius 3 is 2.78 bits per heavy atom. The molecule has 4 atom stereocenters. The van der Waals surface area contributed by atoms with Crippen molar-refractivity contribution in [2.45, 2.75) is 31.5 Å². The van der Waals surface area contributed by atoms with E-state index in [1.54, 1.807) is 35.4 Å². The number of hydrogen-bond acceptors (Lipinski definition) is 5. The quantitative estimate of drug-likeness (QED) is 0.788. The molecule has 1 amide bonds. The molecule has 168 valence electrons. The zero-order valence-corrected chi connectivity index (χ0v) is 17.7. The second kappa shape index (κ2) is 6.82. The maximum Gasteiger partial charge on any atom is 0.396 e. The van der Waals surface area contributed by atoms with Crippen LogP contribution in [0.3, 0.4) is 0 Å². The van der Waals surface area contributed by atoms with Crippen molar-refractivity contribution >= 4 is 22.5 Å². The van der Waals surface area contributed by atoms with E-state index in [9.17, 15) is 23.2 Å². The molecule has 4 unspecified atom stereocenters. The molecule has 1 aromatic carbocycles. The van der Waals surface area contributed by atoms with E-state index in [-0.39, 0.29) is 25.6 Å². The summed E-state index contributed by atoms with van der Waals surface area (Å²) in [4.78, 5) is 19.9. The smallest absolute Gasteiger partial charge is 0.369 e. The number of nitrogens with zero attached hydrogens (tertiary/aromatic N) is 4. The number of nitrogens with two attached hydrogens (primary N) is 1. The number of primary amides is 1. The molecule has 3 heterocycles. The number of rotatable bonds is 3. The molecule has 1 aliphatic carbocycles. The Balaban J connectivity index is 1.57. The maximum absolute atomic E-state index is 14.5. The fourth-order valence-electron chi connectivity index (χ4n) is 6.33. The van der Waals surface area contributed by atoms with Crippen LogP contribution in [0.5, 0.6) is 0 Å². The molecule has 3 aliphatic rings. The summed E-state index contributed by atoms with van der Waals surface area (Å²) in [5.74, 6) is -0.831. The number of amides is 1. The first-order valence-corrected chi connectivity index (χ1v) is 10.7. The Morgan fingerprint density at radius 2 is 2.09 bits per heavy atom. The van der Waals surface area contributed by atoms with Crippen LogP contribution in [0.2, 0.25) is 0 Å². The number of nitriles is 1. The molecule has 1 aromatic heterocycles. The van der Waals surface area contributed by atoms with Gasteiger partial charge in [0.25, 0.3) is 0 Å². The van der Waals surface area contributed by atoms with E-state index in [1.165, 1.54) is 0 Å². The highest BCUT2D eigenvalue weighted by Crippen LogP contribution is 2.77. The van der Waals surface area contributed by atoms with Gasteiger partial charge in [-0.25, -0.2) is 0 Å². The van der Waals surface area contributed by atoms with Crippen LogP contribution in [0.25, 0.3) is 10.9 Å². The van der Waals surface area contributed by atoms with Crippen LogP contribution in [-0.2, 0) is 4.79 Å². The Kier molecular flexibility index (Phi) is 4.48. The lowest BCUT2D eigenvalue weighted by atomic mass is 9.78. The van der Waals surface area contributed by atoms with Gasteiger partial charge in [0.1, 0.15) is 6.07 Å². The maximum atomic E-state index is 14.5. The number of pyridine rings is 1. The summed E-state index contributed by atoms with van der Waals surface area (Å²) < 4.78 is 43.5. The molecule has 0 radical (unpaired) electrons. The normalized spacial score (nSPS) is 32.5. The van der Waals surface area contributed by atoms with Gasteiger partial charge in [0.15, 0.2) is 0 Å². The number of carbonyl (C=O) groups excluding carboxylic acids is 1.